The molecular weight excluding hydrogens is 283 g/mol. The second kappa shape index (κ2) is 5.03. The van der Waals surface area contributed by atoms with Crippen LogP contribution in [0.25, 0.3) is 11.0 Å². The van der Waals surface area contributed by atoms with Gasteiger partial charge in [-0.1, -0.05) is 11.6 Å². The minimum Gasteiger partial charge on any atom is -0.349 e. The van der Waals surface area contributed by atoms with E-state index in [2.05, 4.69) is 14.9 Å². The van der Waals surface area contributed by atoms with E-state index in [9.17, 15) is 9.18 Å². The molecule has 0 aliphatic carbocycles. The fourth-order valence-electron chi connectivity index (χ4n) is 2.30. The number of likely N-dealkylation sites (N-methyl/N-ethyl adjacent to an activating group) is 1. The number of nitrogens with zero attached hydrogens (tertiary/aromatic N) is 3. The van der Waals surface area contributed by atoms with Crippen LogP contribution in [-0.4, -0.2) is 48.1 Å². The van der Waals surface area contributed by atoms with Gasteiger partial charge < -0.3 is 14.8 Å². The maximum absolute atomic E-state index is 13.5. The number of rotatable bonds is 1. The standard InChI is InChI=1S/C13H14ClFN4O/c1-18-2-4-19(5-3-18)12-13(20)17-10-6-8(14)9(15)7-11(10)16-12/h6-7H,2-5H2,1H3,(H,17,20). The van der Waals surface area contributed by atoms with Crippen molar-refractivity contribution in [2.24, 2.45) is 0 Å². The zero-order valence-electron chi connectivity index (χ0n) is 11.0. The van der Waals surface area contributed by atoms with E-state index in [0.29, 0.717) is 16.9 Å². The Labute approximate surface area is 120 Å². The van der Waals surface area contributed by atoms with Crippen molar-refractivity contribution in [2.75, 3.05) is 38.1 Å². The third-order valence-electron chi connectivity index (χ3n) is 3.52. The molecule has 5 nitrogen and oxygen atoms in total. The Balaban J connectivity index is 2.05. The van der Waals surface area contributed by atoms with Crippen LogP contribution in [0.4, 0.5) is 10.2 Å². The van der Waals surface area contributed by atoms with E-state index >= 15 is 0 Å². The largest absolute Gasteiger partial charge is 0.349 e. The number of fused-ring (bicyclic) bond motifs is 1. The first kappa shape index (κ1) is 13.3. The zero-order valence-corrected chi connectivity index (χ0v) is 11.7. The maximum Gasteiger partial charge on any atom is 0.291 e. The summed E-state index contributed by atoms with van der Waals surface area (Å²) >= 11 is 5.70. The molecule has 0 saturated carbocycles. The monoisotopic (exact) mass is 296 g/mol. The van der Waals surface area contributed by atoms with Crippen LogP contribution >= 0.6 is 11.6 Å². The highest BCUT2D eigenvalue weighted by atomic mass is 35.5. The Kier molecular flexibility index (Phi) is 3.35. The van der Waals surface area contributed by atoms with Crippen molar-refractivity contribution in [2.45, 2.75) is 0 Å². The van der Waals surface area contributed by atoms with Crippen molar-refractivity contribution >= 4 is 28.5 Å². The first-order valence-electron chi connectivity index (χ1n) is 6.37. The number of halogens is 2. The van der Waals surface area contributed by atoms with E-state index in [1.54, 1.807) is 0 Å². The van der Waals surface area contributed by atoms with Gasteiger partial charge in [-0.2, -0.15) is 0 Å². The summed E-state index contributed by atoms with van der Waals surface area (Å²) in [7, 11) is 2.03. The molecule has 106 valence electrons. The summed E-state index contributed by atoms with van der Waals surface area (Å²) in [5.74, 6) is -0.199. The van der Waals surface area contributed by atoms with Crippen LogP contribution in [0.15, 0.2) is 16.9 Å². The van der Waals surface area contributed by atoms with Gasteiger partial charge in [0.05, 0.1) is 16.1 Å². The number of hydrogen-bond acceptors (Lipinski definition) is 4. The molecule has 0 bridgehead atoms. The molecule has 1 saturated heterocycles. The van der Waals surface area contributed by atoms with Crippen molar-refractivity contribution in [1.82, 2.24) is 14.9 Å². The zero-order chi connectivity index (χ0) is 14.3. The Morgan fingerprint density at radius 2 is 2.00 bits per heavy atom. The molecule has 20 heavy (non-hydrogen) atoms. The van der Waals surface area contributed by atoms with Crippen LogP contribution in [0.2, 0.25) is 5.02 Å². The number of nitrogens with one attached hydrogen (secondary N) is 1. The smallest absolute Gasteiger partial charge is 0.291 e. The van der Waals surface area contributed by atoms with Crippen LogP contribution < -0.4 is 10.5 Å². The molecule has 0 unspecified atom stereocenters. The summed E-state index contributed by atoms with van der Waals surface area (Å²) in [6, 6.07) is 2.63. The first-order chi connectivity index (χ1) is 9.54. The molecule has 0 atom stereocenters. The first-order valence-corrected chi connectivity index (χ1v) is 6.75. The number of aromatic nitrogens is 2. The quantitative estimate of drug-likeness (QED) is 0.866. The van der Waals surface area contributed by atoms with Crippen LogP contribution in [-0.2, 0) is 0 Å². The van der Waals surface area contributed by atoms with E-state index in [-0.39, 0.29) is 10.6 Å². The van der Waals surface area contributed by atoms with Gasteiger partial charge in [-0.05, 0) is 13.1 Å². The molecule has 1 fully saturated rings. The van der Waals surface area contributed by atoms with Crippen LogP contribution in [0.1, 0.15) is 0 Å². The van der Waals surface area contributed by atoms with E-state index in [4.69, 9.17) is 11.6 Å². The molecule has 0 radical (unpaired) electrons. The summed E-state index contributed by atoms with van der Waals surface area (Å²) in [5, 5.41) is -0.0257. The normalized spacial score (nSPS) is 16.9. The molecule has 1 aliphatic heterocycles. The maximum atomic E-state index is 13.5. The lowest BCUT2D eigenvalue weighted by molar-refractivity contribution is 0.312. The summed E-state index contributed by atoms with van der Waals surface area (Å²) < 4.78 is 13.5. The number of anilines is 1. The van der Waals surface area contributed by atoms with E-state index in [0.717, 1.165) is 26.2 Å². The predicted molar refractivity (Wildman–Crippen MR) is 77.0 cm³/mol. The van der Waals surface area contributed by atoms with E-state index < -0.39 is 5.82 Å². The van der Waals surface area contributed by atoms with E-state index in [1.807, 2.05) is 11.9 Å². The van der Waals surface area contributed by atoms with Crippen molar-refractivity contribution in [3.8, 4) is 0 Å². The van der Waals surface area contributed by atoms with Crippen molar-refractivity contribution < 1.29 is 4.39 Å². The molecular formula is C13H14ClFN4O. The molecule has 2 aromatic rings. The second-order valence-electron chi connectivity index (χ2n) is 4.96. The Morgan fingerprint density at radius 3 is 2.70 bits per heavy atom. The highest BCUT2D eigenvalue weighted by Gasteiger charge is 2.19. The lowest BCUT2D eigenvalue weighted by atomic mass is 10.3. The van der Waals surface area contributed by atoms with Gasteiger partial charge in [0.15, 0.2) is 5.82 Å². The number of H-pyrrole nitrogens is 1. The summed E-state index contributed by atoms with van der Waals surface area (Å²) in [6.45, 7) is 3.20. The third-order valence-corrected chi connectivity index (χ3v) is 3.81. The summed E-state index contributed by atoms with van der Waals surface area (Å²) in [5.41, 5.74) is 0.574. The molecule has 1 aromatic heterocycles. The molecule has 0 amide bonds. The minimum absolute atomic E-state index is 0.0257. The van der Waals surface area contributed by atoms with Gasteiger partial charge in [0, 0.05) is 32.2 Å². The van der Waals surface area contributed by atoms with Crippen LogP contribution in [0.5, 0.6) is 0 Å². The molecule has 1 N–H and O–H groups in total. The van der Waals surface area contributed by atoms with Crippen LogP contribution in [0, 0.1) is 5.82 Å². The molecule has 3 rings (SSSR count). The minimum atomic E-state index is -0.539. The second-order valence-corrected chi connectivity index (χ2v) is 5.37. The summed E-state index contributed by atoms with van der Waals surface area (Å²) in [4.78, 5) is 23.2. The van der Waals surface area contributed by atoms with Gasteiger partial charge >= 0.3 is 0 Å². The highest BCUT2D eigenvalue weighted by molar-refractivity contribution is 6.31. The number of piperazine rings is 1. The average Bonchev–Trinajstić information content (AvgIpc) is 2.41. The van der Waals surface area contributed by atoms with Gasteiger partial charge in [0.25, 0.3) is 5.56 Å². The van der Waals surface area contributed by atoms with E-state index in [1.165, 1.54) is 12.1 Å². The Hall–Kier alpha value is -1.66. The predicted octanol–water partition coefficient (Wildman–Crippen LogP) is 1.47. The summed E-state index contributed by atoms with van der Waals surface area (Å²) in [6.07, 6.45) is 0. The van der Waals surface area contributed by atoms with Gasteiger partial charge in [-0.3, -0.25) is 4.79 Å². The Bertz CT molecular complexity index is 709. The topological polar surface area (TPSA) is 52.2 Å². The number of aromatic amines is 1. The third kappa shape index (κ3) is 2.36. The molecule has 7 heteroatoms. The lowest BCUT2D eigenvalue weighted by Gasteiger charge is -2.32. The SMILES string of the molecule is CN1CCN(c2nc3cc(F)c(Cl)cc3[nH]c2=O)CC1. The van der Waals surface area contributed by atoms with Gasteiger partial charge in [0.1, 0.15) is 5.82 Å². The van der Waals surface area contributed by atoms with Crippen molar-refractivity contribution in [3.05, 3.63) is 33.3 Å². The van der Waals surface area contributed by atoms with Crippen molar-refractivity contribution in [3.63, 3.8) is 0 Å². The average molecular weight is 297 g/mol. The fourth-order valence-corrected chi connectivity index (χ4v) is 2.47. The van der Waals surface area contributed by atoms with Gasteiger partial charge in [-0.15, -0.1) is 0 Å². The van der Waals surface area contributed by atoms with Gasteiger partial charge in [0.2, 0.25) is 0 Å². The van der Waals surface area contributed by atoms with Crippen LogP contribution in [0.3, 0.4) is 0 Å². The van der Waals surface area contributed by atoms with Gasteiger partial charge in [-0.25, -0.2) is 9.37 Å². The highest BCUT2D eigenvalue weighted by Crippen LogP contribution is 2.21. The molecule has 1 aromatic carbocycles. The number of hydrogen-bond donors (Lipinski definition) is 1. The fraction of sp³-hybridized carbons (Fsp3) is 0.385. The lowest BCUT2D eigenvalue weighted by Crippen LogP contribution is -2.46. The molecule has 2 heterocycles. The molecule has 0 spiro atoms. The molecule has 1 aliphatic rings. The Morgan fingerprint density at radius 1 is 1.30 bits per heavy atom. The van der Waals surface area contributed by atoms with Crippen molar-refractivity contribution in [1.29, 1.82) is 0 Å². The number of benzene rings is 1.